The van der Waals surface area contributed by atoms with Crippen molar-refractivity contribution in [3.63, 3.8) is 0 Å². The minimum Gasteiger partial charge on any atom is -0.328 e. The van der Waals surface area contributed by atoms with Crippen LogP contribution in [0.1, 0.15) is 46.0 Å². The number of hydrogen-bond acceptors (Lipinski definition) is 2. The third-order valence-corrected chi connectivity index (χ3v) is 3.42. The monoisotopic (exact) mass is 198 g/mol. The summed E-state index contributed by atoms with van der Waals surface area (Å²) in [5, 5.41) is 0. The molecule has 0 saturated heterocycles. The molecule has 0 aliphatic heterocycles. The average molecular weight is 198 g/mol. The third-order valence-electron chi connectivity index (χ3n) is 3.42. The molecule has 0 aromatic carbocycles. The number of hydrogen-bond donors (Lipinski definition) is 1. The van der Waals surface area contributed by atoms with Crippen molar-refractivity contribution in [3.8, 4) is 0 Å². The van der Waals surface area contributed by atoms with Gasteiger partial charge in [0.25, 0.3) is 0 Å². The van der Waals surface area contributed by atoms with E-state index >= 15 is 0 Å². The van der Waals surface area contributed by atoms with Crippen LogP contribution in [0.2, 0.25) is 0 Å². The highest BCUT2D eigenvalue weighted by atomic mass is 15.1. The first kappa shape index (κ1) is 12.0. The largest absolute Gasteiger partial charge is 0.328 e. The summed E-state index contributed by atoms with van der Waals surface area (Å²) in [7, 11) is 2.26. The zero-order valence-electron chi connectivity index (χ0n) is 10.00. The lowest BCUT2D eigenvalue weighted by molar-refractivity contribution is 0.229. The molecule has 1 rings (SSSR count). The van der Waals surface area contributed by atoms with Gasteiger partial charge in [0.15, 0.2) is 0 Å². The van der Waals surface area contributed by atoms with Gasteiger partial charge in [0.2, 0.25) is 0 Å². The molecule has 0 amide bonds. The quantitative estimate of drug-likeness (QED) is 0.636. The highest BCUT2D eigenvalue weighted by molar-refractivity contribution is 4.83. The second kappa shape index (κ2) is 5.72. The number of nitrogens with zero attached hydrogens (tertiary/aromatic N) is 1. The van der Waals surface area contributed by atoms with Crippen molar-refractivity contribution in [3.05, 3.63) is 0 Å². The van der Waals surface area contributed by atoms with E-state index in [1.165, 1.54) is 38.6 Å². The predicted molar refractivity (Wildman–Crippen MR) is 62.3 cm³/mol. The molecule has 2 nitrogen and oxygen atoms in total. The average Bonchev–Trinajstić information content (AvgIpc) is 2.93. The second-order valence-corrected chi connectivity index (χ2v) is 5.03. The zero-order valence-corrected chi connectivity index (χ0v) is 10.00. The zero-order chi connectivity index (χ0) is 10.6. The lowest BCUT2D eigenvalue weighted by atomic mass is 10.1. The van der Waals surface area contributed by atoms with Crippen LogP contribution in [-0.4, -0.2) is 30.6 Å². The summed E-state index contributed by atoms with van der Waals surface area (Å²) >= 11 is 0. The van der Waals surface area contributed by atoms with Gasteiger partial charge in [-0.3, -0.25) is 0 Å². The maximum Gasteiger partial charge on any atom is 0.00921 e. The van der Waals surface area contributed by atoms with E-state index in [0.29, 0.717) is 6.04 Å². The van der Waals surface area contributed by atoms with E-state index < -0.39 is 0 Å². The smallest absolute Gasteiger partial charge is 0.00921 e. The number of nitrogens with two attached hydrogens (primary N) is 1. The molecule has 0 aromatic rings. The molecule has 1 saturated carbocycles. The standard InChI is InChI=1S/C12H26N2/c1-10(13)6-4-5-9-14(3)11(2)12-7-8-12/h10-12H,4-9,13H2,1-3H3. The van der Waals surface area contributed by atoms with Crippen LogP contribution in [0, 0.1) is 5.92 Å². The van der Waals surface area contributed by atoms with Crippen molar-refractivity contribution in [2.45, 2.75) is 58.0 Å². The van der Waals surface area contributed by atoms with Gasteiger partial charge in [-0.05, 0) is 59.0 Å². The van der Waals surface area contributed by atoms with Crippen molar-refractivity contribution < 1.29 is 0 Å². The summed E-state index contributed by atoms with van der Waals surface area (Å²) in [6.45, 7) is 5.70. The maximum atomic E-state index is 5.71. The molecule has 1 fully saturated rings. The first-order chi connectivity index (χ1) is 6.61. The second-order valence-electron chi connectivity index (χ2n) is 5.03. The summed E-state index contributed by atoms with van der Waals surface area (Å²) in [6.07, 6.45) is 6.65. The van der Waals surface area contributed by atoms with Crippen molar-refractivity contribution in [2.75, 3.05) is 13.6 Å². The molecule has 84 valence electrons. The predicted octanol–water partition coefficient (Wildman–Crippen LogP) is 2.23. The maximum absolute atomic E-state index is 5.71. The molecule has 0 spiro atoms. The topological polar surface area (TPSA) is 29.3 Å². The molecule has 0 heterocycles. The molecule has 0 aromatic heterocycles. The summed E-state index contributed by atoms with van der Waals surface area (Å²) in [5.74, 6) is 0.994. The van der Waals surface area contributed by atoms with Gasteiger partial charge in [0.05, 0.1) is 0 Å². The van der Waals surface area contributed by atoms with Crippen molar-refractivity contribution >= 4 is 0 Å². The Kier molecular flexibility index (Phi) is 4.90. The third kappa shape index (κ3) is 4.43. The molecule has 2 heteroatoms. The van der Waals surface area contributed by atoms with Crippen LogP contribution in [-0.2, 0) is 0 Å². The summed E-state index contributed by atoms with van der Waals surface area (Å²) in [4.78, 5) is 2.51. The van der Waals surface area contributed by atoms with E-state index in [4.69, 9.17) is 5.73 Å². The Morgan fingerprint density at radius 1 is 1.29 bits per heavy atom. The molecular weight excluding hydrogens is 172 g/mol. The van der Waals surface area contributed by atoms with E-state index in [-0.39, 0.29) is 0 Å². The molecule has 2 N–H and O–H groups in total. The Morgan fingerprint density at radius 3 is 2.43 bits per heavy atom. The Balaban J connectivity index is 1.99. The Morgan fingerprint density at radius 2 is 1.93 bits per heavy atom. The van der Waals surface area contributed by atoms with Gasteiger partial charge in [-0.2, -0.15) is 0 Å². The van der Waals surface area contributed by atoms with Gasteiger partial charge < -0.3 is 10.6 Å². The van der Waals surface area contributed by atoms with E-state index in [2.05, 4.69) is 25.8 Å². The molecule has 14 heavy (non-hydrogen) atoms. The molecule has 1 aliphatic rings. The molecule has 2 unspecified atom stereocenters. The Labute approximate surface area is 88.8 Å². The summed E-state index contributed by atoms with van der Waals surface area (Å²) in [6, 6.07) is 1.17. The van der Waals surface area contributed by atoms with Gasteiger partial charge in [0, 0.05) is 12.1 Å². The van der Waals surface area contributed by atoms with Crippen LogP contribution >= 0.6 is 0 Å². The first-order valence-electron chi connectivity index (χ1n) is 6.07. The van der Waals surface area contributed by atoms with Gasteiger partial charge in [0.1, 0.15) is 0 Å². The van der Waals surface area contributed by atoms with Crippen molar-refractivity contribution in [1.29, 1.82) is 0 Å². The van der Waals surface area contributed by atoms with E-state index in [0.717, 1.165) is 12.0 Å². The van der Waals surface area contributed by atoms with Gasteiger partial charge in [-0.25, -0.2) is 0 Å². The highest BCUT2D eigenvalue weighted by Gasteiger charge is 2.29. The van der Waals surface area contributed by atoms with E-state index in [1.54, 1.807) is 0 Å². The fraction of sp³-hybridized carbons (Fsp3) is 1.00. The fourth-order valence-corrected chi connectivity index (χ4v) is 1.97. The van der Waals surface area contributed by atoms with Crippen molar-refractivity contribution in [2.24, 2.45) is 11.7 Å². The summed E-state index contributed by atoms with van der Waals surface area (Å²) in [5.41, 5.74) is 5.71. The SMILES string of the molecule is CC(N)CCCCN(C)C(C)C1CC1. The minimum absolute atomic E-state index is 0.376. The van der Waals surface area contributed by atoms with Crippen LogP contribution in [0.5, 0.6) is 0 Å². The summed E-state index contributed by atoms with van der Waals surface area (Å²) < 4.78 is 0. The first-order valence-corrected chi connectivity index (χ1v) is 6.07. The minimum atomic E-state index is 0.376. The van der Waals surface area contributed by atoms with Gasteiger partial charge >= 0.3 is 0 Å². The molecule has 1 aliphatic carbocycles. The molecule has 2 atom stereocenters. The molecule has 0 radical (unpaired) electrons. The number of rotatable bonds is 7. The Hall–Kier alpha value is -0.0800. The van der Waals surface area contributed by atoms with Crippen LogP contribution in [0.3, 0.4) is 0 Å². The van der Waals surface area contributed by atoms with Crippen LogP contribution in [0.4, 0.5) is 0 Å². The van der Waals surface area contributed by atoms with Crippen LogP contribution < -0.4 is 5.73 Å². The van der Waals surface area contributed by atoms with E-state index in [9.17, 15) is 0 Å². The van der Waals surface area contributed by atoms with E-state index in [1.807, 2.05) is 0 Å². The van der Waals surface area contributed by atoms with Gasteiger partial charge in [-0.15, -0.1) is 0 Å². The molecule has 0 bridgehead atoms. The molecular formula is C12H26N2. The van der Waals surface area contributed by atoms with Crippen molar-refractivity contribution in [1.82, 2.24) is 4.90 Å². The van der Waals surface area contributed by atoms with Gasteiger partial charge in [-0.1, -0.05) is 6.42 Å². The van der Waals surface area contributed by atoms with Crippen LogP contribution in [0.15, 0.2) is 0 Å². The fourth-order valence-electron chi connectivity index (χ4n) is 1.97. The lowest BCUT2D eigenvalue weighted by Crippen LogP contribution is -2.31. The normalized spacial score (nSPS) is 21.2. The highest BCUT2D eigenvalue weighted by Crippen LogP contribution is 2.34. The Bertz CT molecular complexity index is 152. The van der Waals surface area contributed by atoms with Crippen LogP contribution in [0.25, 0.3) is 0 Å². The number of unbranched alkanes of at least 4 members (excludes halogenated alkanes) is 1. The lowest BCUT2D eigenvalue weighted by Gasteiger charge is -2.24.